The van der Waals surface area contributed by atoms with Gasteiger partial charge in [0.15, 0.2) is 16.6 Å². The van der Waals surface area contributed by atoms with E-state index >= 15 is 0 Å². The maximum atomic E-state index is 10.0. The van der Waals surface area contributed by atoms with Crippen molar-refractivity contribution in [2.45, 2.75) is 153 Å². The molecule has 4 aliphatic rings. The molecule has 6 atom stereocenters. The Kier molecular flexibility index (Phi) is 12.6. The van der Waals surface area contributed by atoms with Crippen molar-refractivity contribution in [2.75, 3.05) is 36.9 Å². The second kappa shape index (κ2) is 16.9. The highest BCUT2D eigenvalue weighted by atomic mass is 28.4. The van der Waals surface area contributed by atoms with Crippen LogP contribution in [0.3, 0.4) is 0 Å². The van der Waals surface area contributed by atoms with E-state index in [0.29, 0.717) is 18.4 Å². The summed E-state index contributed by atoms with van der Waals surface area (Å²) < 4.78 is 18.4. The van der Waals surface area contributed by atoms with Gasteiger partial charge in [-0.2, -0.15) is 0 Å². The molecule has 12 nitrogen and oxygen atoms in total. The number of nitrogens with one attached hydrogen (secondary N) is 2. The van der Waals surface area contributed by atoms with Gasteiger partial charge in [-0.15, -0.1) is 0 Å². The number of aliphatic hydroxyl groups is 2. The van der Waals surface area contributed by atoms with Gasteiger partial charge in [-0.3, -0.25) is 0 Å². The van der Waals surface area contributed by atoms with Gasteiger partial charge in [-0.05, 0) is 112 Å². The minimum atomic E-state index is -1.91. The molecule has 0 unspecified atom stereocenters. The van der Waals surface area contributed by atoms with Crippen molar-refractivity contribution in [1.29, 1.82) is 0 Å². The molecular weight excluding hydrogens is 761 g/mol. The van der Waals surface area contributed by atoms with E-state index in [1.165, 1.54) is 25.7 Å². The first-order chi connectivity index (χ1) is 27.3. The van der Waals surface area contributed by atoms with Crippen LogP contribution in [0.5, 0.6) is 0 Å². The van der Waals surface area contributed by atoms with Crippen LogP contribution >= 0.6 is 0 Å². The highest BCUT2D eigenvalue weighted by Gasteiger charge is 2.46. The Labute approximate surface area is 348 Å². The molecule has 4 saturated carbocycles. The van der Waals surface area contributed by atoms with Crippen LogP contribution in [0, 0.1) is 23.7 Å². The molecular formula is C44H72N8O4Si2. The van der Waals surface area contributed by atoms with Crippen molar-refractivity contribution in [3.05, 3.63) is 37.2 Å². The Morgan fingerprint density at radius 2 is 1.17 bits per heavy atom. The summed E-state index contributed by atoms with van der Waals surface area (Å²) in [5.41, 5.74) is 1.94. The van der Waals surface area contributed by atoms with Crippen molar-refractivity contribution in [1.82, 2.24) is 29.1 Å². The van der Waals surface area contributed by atoms with Crippen molar-refractivity contribution in [2.24, 2.45) is 23.7 Å². The molecule has 0 bridgehead atoms. The molecule has 4 aliphatic carbocycles. The summed E-state index contributed by atoms with van der Waals surface area (Å²) in [6, 6.07) is 4.78. The number of anilines is 2. The van der Waals surface area contributed by atoms with Crippen molar-refractivity contribution >= 4 is 50.3 Å². The molecule has 4 fully saturated rings. The number of nitrogens with zero attached hydrogens (tertiary/aromatic N) is 6. The first-order valence-electron chi connectivity index (χ1n) is 22.1. The predicted octanol–water partition coefficient (Wildman–Crippen LogP) is 9.17. The zero-order valence-electron chi connectivity index (χ0n) is 37.0. The minimum absolute atomic E-state index is 0.0308. The molecule has 14 heteroatoms. The number of hydrogen-bond donors (Lipinski definition) is 4. The zero-order valence-corrected chi connectivity index (χ0v) is 39.0. The highest BCUT2D eigenvalue weighted by molar-refractivity contribution is 6.74. The molecule has 0 saturated heterocycles. The predicted molar refractivity (Wildman–Crippen MR) is 239 cm³/mol. The van der Waals surface area contributed by atoms with Gasteiger partial charge in [0.1, 0.15) is 35.6 Å². The van der Waals surface area contributed by atoms with Gasteiger partial charge >= 0.3 is 0 Å². The third-order valence-electron chi connectivity index (χ3n) is 14.5. The summed E-state index contributed by atoms with van der Waals surface area (Å²) in [5, 5.41) is 28.9. The zero-order chi connectivity index (χ0) is 41.6. The number of aliphatic hydroxyl groups excluding tert-OH is 2. The van der Waals surface area contributed by atoms with Gasteiger partial charge < -0.3 is 38.8 Å². The minimum Gasteiger partial charge on any atom is -0.416 e. The van der Waals surface area contributed by atoms with Crippen LogP contribution < -0.4 is 10.6 Å². The maximum Gasteiger partial charge on any atom is 0.192 e. The van der Waals surface area contributed by atoms with E-state index in [4.69, 9.17) is 13.8 Å². The summed E-state index contributed by atoms with van der Waals surface area (Å²) in [6.07, 6.45) is 16.2. The smallest absolute Gasteiger partial charge is 0.192 e. The third-order valence-corrected chi connectivity index (χ3v) is 23.5. The summed E-state index contributed by atoms with van der Waals surface area (Å²) in [7, 11) is -3.74. The van der Waals surface area contributed by atoms with Gasteiger partial charge in [0, 0.05) is 62.6 Å². The summed E-state index contributed by atoms with van der Waals surface area (Å²) in [4.78, 5) is 18.1. The van der Waals surface area contributed by atoms with Crippen molar-refractivity contribution in [3.63, 3.8) is 0 Å². The fraction of sp³-hybridized carbons (Fsp3) is 0.727. The van der Waals surface area contributed by atoms with Crippen LogP contribution in [0.4, 0.5) is 11.6 Å². The van der Waals surface area contributed by atoms with E-state index in [9.17, 15) is 10.2 Å². The average molecular weight is 833 g/mol. The molecule has 4 N–H and O–H groups in total. The van der Waals surface area contributed by atoms with Gasteiger partial charge in [-0.25, -0.2) is 19.9 Å². The molecule has 0 spiro atoms. The van der Waals surface area contributed by atoms with E-state index in [1.54, 1.807) is 12.7 Å². The molecule has 4 aromatic heterocycles. The van der Waals surface area contributed by atoms with Crippen LogP contribution in [0.1, 0.15) is 105 Å². The van der Waals surface area contributed by atoms with E-state index < -0.39 is 22.7 Å². The van der Waals surface area contributed by atoms with E-state index in [-0.39, 0.29) is 34.7 Å². The number of hydrogen-bond acceptors (Lipinski definition) is 10. The molecule has 320 valence electrons. The molecule has 0 aliphatic heterocycles. The lowest BCUT2D eigenvalue weighted by Gasteiger charge is -2.41. The number of fused-ring (bicyclic) bond motifs is 2. The molecule has 4 heterocycles. The lowest BCUT2D eigenvalue weighted by Crippen LogP contribution is -2.46. The highest BCUT2D eigenvalue weighted by Crippen LogP contribution is 2.46. The second-order valence-electron chi connectivity index (χ2n) is 21.0. The van der Waals surface area contributed by atoms with Crippen LogP contribution in [-0.2, 0) is 8.85 Å². The van der Waals surface area contributed by atoms with Gasteiger partial charge in [-0.1, -0.05) is 41.5 Å². The normalized spacial score (nSPS) is 25.7. The monoisotopic (exact) mass is 833 g/mol. The van der Waals surface area contributed by atoms with E-state index in [1.807, 2.05) is 12.3 Å². The second-order valence-corrected chi connectivity index (χ2v) is 30.6. The maximum absolute atomic E-state index is 10.0. The first kappa shape index (κ1) is 43.2. The molecule has 8 rings (SSSR count). The SMILES string of the molecule is CC(C)(C)[Si](C)(C)OC[C@@H]1C[C@@H](n2ccc3c(NCC4CC4)ncnc32)C[C@@H]1O[Si](C)(C)C(C)(C)C.OC[C@@H]1C[C@@H](n2ccc3c(NCC4CC4)ncnc32)C[C@@H]1O. The van der Waals surface area contributed by atoms with E-state index in [0.717, 1.165) is 84.5 Å². The summed E-state index contributed by atoms with van der Waals surface area (Å²) >= 11 is 0. The quantitative estimate of drug-likeness (QED) is 0.0909. The average Bonchev–Trinajstić information content (AvgIpc) is 3.98. The van der Waals surface area contributed by atoms with E-state index in [2.05, 4.69) is 115 Å². The summed E-state index contributed by atoms with van der Waals surface area (Å²) in [5.74, 6) is 3.83. The third kappa shape index (κ3) is 9.67. The molecule has 0 aromatic carbocycles. The fourth-order valence-electron chi connectivity index (χ4n) is 8.13. The number of rotatable bonds is 14. The molecule has 58 heavy (non-hydrogen) atoms. The number of aromatic nitrogens is 6. The fourth-order valence-corrected chi connectivity index (χ4v) is 10.6. The van der Waals surface area contributed by atoms with Gasteiger partial charge in [0.05, 0.1) is 23.0 Å². The standard InChI is InChI=1S/C28H50N4O2Si2.C16H22N4O2/c1-27(2,3)35(7,8)33-18-21-15-22(16-24(21)34-36(9,10)28(4,5)6)32-14-13-23-25(29-17-20-11-12-20)30-19-31-26(23)32;21-8-11-5-12(6-14(11)22)20-4-3-13-15(17-7-10-1-2-10)18-9-19-16(13)20/h13-14,19-22,24H,11-12,15-18H2,1-10H3,(H,29,30,31);3-4,9-12,14,21-22H,1-2,5-8H2,(H,17,18,19)/t21-,22+,24-;11-,12+,14-/m00/s1. The van der Waals surface area contributed by atoms with Gasteiger partial charge in [0.25, 0.3) is 0 Å². The molecule has 4 aromatic rings. The largest absolute Gasteiger partial charge is 0.416 e. The van der Waals surface area contributed by atoms with Gasteiger partial charge in [0.2, 0.25) is 0 Å². The Hall–Kier alpha value is -2.89. The van der Waals surface area contributed by atoms with Crippen LogP contribution in [0.25, 0.3) is 22.1 Å². The topological polar surface area (TPSA) is 144 Å². The Balaban J connectivity index is 0.000000197. The van der Waals surface area contributed by atoms with Crippen LogP contribution in [0.2, 0.25) is 36.3 Å². The first-order valence-corrected chi connectivity index (χ1v) is 27.9. The Bertz CT molecular complexity index is 2000. The van der Waals surface area contributed by atoms with Crippen LogP contribution in [-0.4, -0.2) is 94.4 Å². The van der Waals surface area contributed by atoms with Crippen molar-refractivity contribution in [3.8, 4) is 0 Å². The Morgan fingerprint density at radius 1 is 0.690 bits per heavy atom. The lowest BCUT2D eigenvalue weighted by molar-refractivity contribution is 0.0906. The lowest BCUT2D eigenvalue weighted by atomic mass is 10.1. The summed E-state index contributed by atoms with van der Waals surface area (Å²) in [6.45, 7) is 26.2. The van der Waals surface area contributed by atoms with Crippen LogP contribution in [0.15, 0.2) is 37.2 Å². The van der Waals surface area contributed by atoms with Crippen molar-refractivity contribution < 1.29 is 19.1 Å². The molecule has 0 amide bonds. The Morgan fingerprint density at radius 3 is 1.62 bits per heavy atom. The molecule has 0 radical (unpaired) electrons.